The number of nitrogens with one attached hydrogen (secondary N) is 2. The quantitative estimate of drug-likeness (QED) is 0.481. The van der Waals surface area contributed by atoms with Crippen LogP contribution in [0.25, 0.3) is 0 Å². The molecule has 1 aliphatic rings. The molecule has 6 heteroatoms. The first-order valence-electron chi connectivity index (χ1n) is 4.74. The van der Waals surface area contributed by atoms with Crippen LogP contribution in [0.5, 0.6) is 0 Å². The zero-order chi connectivity index (χ0) is 10.9. The van der Waals surface area contributed by atoms with Gasteiger partial charge < -0.3 is 10.7 Å². The molecule has 15 heavy (non-hydrogen) atoms. The van der Waals surface area contributed by atoms with Crippen LogP contribution in [0.3, 0.4) is 0 Å². The Labute approximate surface area is 87.3 Å². The highest BCUT2D eigenvalue weighted by molar-refractivity contribution is 5.92. The minimum absolute atomic E-state index is 0.0381. The lowest BCUT2D eigenvalue weighted by atomic mass is 10.3. The fourth-order valence-electron chi connectivity index (χ4n) is 1.17. The Morgan fingerprint density at radius 1 is 1.47 bits per heavy atom. The number of amides is 1. The first-order chi connectivity index (χ1) is 7.13. The molecule has 0 aromatic carbocycles. The Bertz CT molecular complexity index is 371. The number of nitrogens with zero attached hydrogens (tertiary/aromatic N) is 2. The molecule has 0 bridgehead atoms. The van der Waals surface area contributed by atoms with Crippen molar-refractivity contribution in [3.8, 4) is 0 Å². The van der Waals surface area contributed by atoms with Crippen molar-refractivity contribution >= 4 is 11.7 Å². The van der Waals surface area contributed by atoms with Crippen LogP contribution in [-0.2, 0) is 0 Å². The molecule has 80 valence electrons. The van der Waals surface area contributed by atoms with Crippen molar-refractivity contribution in [1.82, 2.24) is 15.3 Å². The monoisotopic (exact) mass is 207 g/mol. The fourth-order valence-corrected chi connectivity index (χ4v) is 1.17. The number of carbonyl (C=O) groups excluding carboxylic acids is 1. The molecule has 1 aromatic rings. The maximum absolute atomic E-state index is 11.6. The van der Waals surface area contributed by atoms with Gasteiger partial charge in [0, 0.05) is 5.54 Å². The third-order valence-corrected chi connectivity index (χ3v) is 2.45. The summed E-state index contributed by atoms with van der Waals surface area (Å²) >= 11 is 0. The number of anilines is 1. The van der Waals surface area contributed by atoms with Crippen LogP contribution in [0.2, 0.25) is 0 Å². The Kier molecular flexibility index (Phi) is 2.28. The Hall–Kier alpha value is -1.69. The topological polar surface area (TPSA) is 92.9 Å². The number of rotatable bonds is 3. The lowest BCUT2D eigenvalue weighted by molar-refractivity contribution is 0.0930. The van der Waals surface area contributed by atoms with E-state index in [1.807, 2.05) is 6.92 Å². The molecular formula is C9H13N5O. The third-order valence-electron chi connectivity index (χ3n) is 2.45. The van der Waals surface area contributed by atoms with Crippen molar-refractivity contribution in [1.29, 1.82) is 0 Å². The van der Waals surface area contributed by atoms with Crippen molar-refractivity contribution in [2.45, 2.75) is 25.3 Å². The summed E-state index contributed by atoms with van der Waals surface area (Å²) in [5.41, 5.74) is 2.62. The van der Waals surface area contributed by atoms with E-state index in [1.165, 1.54) is 12.4 Å². The maximum atomic E-state index is 11.6. The van der Waals surface area contributed by atoms with Crippen LogP contribution < -0.4 is 16.6 Å². The highest BCUT2D eigenvalue weighted by atomic mass is 16.2. The second-order valence-electron chi connectivity index (χ2n) is 3.95. The largest absolute Gasteiger partial charge is 0.345 e. The lowest BCUT2D eigenvalue weighted by Gasteiger charge is -2.10. The van der Waals surface area contributed by atoms with E-state index < -0.39 is 0 Å². The molecule has 1 heterocycles. The fraction of sp³-hybridized carbons (Fsp3) is 0.444. The summed E-state index contributed by atoms with van der Waals surface area (Å²) in [6.45, 7) is 2.01. The molecular weight excluding hydrogens is 194 g/mol. The standard InChI is InChI=1S/C9H13N5O/c1-9(2-3-9)13-8(15)6-4-12-7(14-10)5-11-6/h4-5H,2-3,10H2,1H3,(H,12,14)(H,13,15). The second kappa shape index (κ2) is 3.47. The van der Waals surface area contributed by atoms with E-state index in [0.29, 0.717) is 11.5 Å². The average Bonchev–Trinajstić information content (AvgIpc) is 2.96. The van der Waals surface area contributed by atoms with Gasteiger partial charge >= 0.3 is 0 Å². The molecule has 0 saturated heterocycles. The Morgan fingerprint density at radius 2 is 2.20 bits per heavy atom. The van der Waals surface area contributed by atoms with Crippen molar-refractivity contribution in [3.63, 3.8) is 0 Å². The molecule has 1 aliphatic carbocycles. The van der Waals surface area contributed by atoms with E-state index in [1.54, 1.807) is 0 Å². The number of hydrogen-bond donors (Lipinski definition) is 3. The van der Waals surface area contributed by atoms with Gasteiger partial charge in [-0.3, -0.25) is 4.79 Å². The molecule has 1 saturated carbocycles. The van der Waals surface area contributed by atoms with Crippen LogP contribution in [0.4, 0.5) is 5.82 Å². The summed E-state index contributed by atoms with van der Waals surface area (Å²) in [6, 6.07) is 0. The summed E-state index contributed by atoms with van der Waals surface area (Å²) in [5.74, 6) is 5.38. The minimum Gasteiger partial charge on any atom is -0.345 e. The smallest absolute Gasteiger partial charge is 0.271 e. The SMILES string of the molecule is CC1(NC(=O)c2cnc(NN)cn2)CC1. The van der Waals surface area contributed by atoms with Crippen LogP contribution in [-0.4, -0.2) is 21.4 Å². The summed E-state index contributed by atoms with van der Waals surface area (Å²) < 4.78 is 0. The molecule has 6 nitrogen and oxygen atoms in total. The van der Waals surface area contributed by atoms with Crippen LogP contribution >= 0.6 is 0 Å². The molecule has 1 amide bonds. The molecule has 0 aliphatic heterocycles. The van der Waals surface area contributed by atoms with E-state index in [2.05, 4.69) is 20.7 Å². The van der Waals surface area contributed by atoms with Gasteiger partial charge in [-0.25, -0.2) is 15.8 Å². The highest BCUT2D eigenvalue weighted by Gasteiger charge is 2.39. The van der Waals surface area contributed by atoms with Crippen LogP contribution in [0.1, 0.15) is 30.3 Å². The zero-order valence-electron chi connectivity index (χ0n) is 8.45. The Balaban J connectivity index is 2.05. The summed E-state index contributed by atoms with van der Waals surface area (Å²) in [7, 11) is 0. The molecule has 0 unspecified atom stereocenters. The first kappa shape index (κ1) is 9.85. The van der Waals surface area contributed by atoms with Gasteiger partial charge in [-0.2, -0.15) is 0 Å². The van der Waals surface area contributed by atoms with Gasteiger partial charge in [0.05, 0.1) is 12.4 Å². The average molecular weight is 207 g/mol. The van der Waals surface area contributed by atoms with Gasteiger partial charge in [-0.15, -0.1) is 0 Å². The van der Waals surface area contributed by atoms with Crippen LogP contribution in [0.15, 0.2) is 12.4 Å². The number of aromatic nitrogens is 2. The minimum atomic E-state index is -0.189. The number of hydrazine groups is 1. The molecule has 0 radical (unpaired) electrons. The zero-order valence-corrected chi connectivity index (χ0v) is 8.45. The predicted molar refractivity (Wildman–Crippen MR) is 54.9 cm³/mol. The van der Waals surface area contributed by atoms with Crippen molar-refractivity contribution in [3.05, 3.63) is 18.1 Å². The number of nitrogens with two attached hydrogens (primary N) is 1. The van der Waals surface area contributed by atoms with Gasteiger partial charge in [-0.05, 0) is 19.8 Å². The predicted octanol–water partition coefficient (Wildman–Crippen LogP) is 0.0445. The van der Waals surface area contributed by atoms with Gasteiger partial charge in [0.1, 0.15) is 5.69 Å². The van der Waals surface area contributed by atoms with Crippen molar-refractivity contribution in [2.75, 3.05) is 5.43 Å². The lowest BCUT2D eigenvalue weighted by Crippen LogP contribution is -2.34. The second-order valence-corrected chi connectivity index (χ2v) is 3.95. The number of nitrogen functional groups attached to an aromatic ring is 1. The molecule has 4 N–H and O–H groups in total. The van der Waals surface area contributed by atoms with E-state index in [4.69, 9.17) is 5.84 Å². The molecule has 0 spiro atoms. The summed E-state index contributed by atoms with van der Waals surface area (Å²) in [4.78, 5) is 19.5. The number of hydrogen-bond acceptors (Lipinski definition) is 5. The number of carbonyl (C=O) groups is 1. The van der Waals surface area contributed by atoms with Gasteiger partial charge in [-0.1, -0.05) is 0 Å². The maximum Gasteiger partial charge on any atom is 0.271 e. The van der Waals surface area contributed by atoms with Gasteiger partial charge in [0.25, 0.3) is 5.91 Å². The molecule has 1 fully saturated rings. The third kappa shape index (κ3) is 2.21. The van der Waals surface area contributed by atoms with E-state index in [-0.39, 0.29) is 11.4 Å². The van der Waals surface area contributed by atoms with Crippen molar-refractivity contribution in [2.24, 2.45) is 5.84 Å². The first-order valence-corrected chi connectivity index (χ1v) is 4.74. The van der Waals surface area contributed by atoms with E-state index >= 15 is 0 Å². The summed E-state index contributed by atoms with van der Waals surface area (Å²) in [6.07, 6.45) is 4.86. The van der Waals surface area contributed by atoms with E-state index in [9.17, 15) is 4.79 Å². The van der Waals surface area contributed by atoms with E-state index in [0.717, 1.165) is 12.8 Å². The molecule has 1 aromatic heterocycles. The Morgan fingerprint density at radius 3 is 2.67 bits per heavy atom. The normalized spacial score (nSPS) is 16.9. The molecule has 2 rings (SSSR count). The van der Waals surface area contributed by atoms with Gasteiger partial charge in [0.15, 0.2) is 5.82 Å². The van der Waals surface area contributed by atoms with Crippen molar-refractivity contribution < 1.29 is 4.79 Å². The summed E-state index contributed by atoms with van der Waals surface area (Å²) in [5, 5.41) is 2.89. The highest BCUT2D eigenvalue weighted by Crippen LogP contribution is 2.34. The van der Waals surface area contributed by atoms with Crippen LogP contribution in [0, 0.1) is 0 Å². The van der Waals surface area contributed by atoms with Gasteiger partial charge in [0.2, 0.25) is 0 Å². The molecule has 0 atom stereocenters.